The number of esters is 2. The van der Waals surface area contributed by atoms with Gasteiger partial charge >= 0.3 is 11.9 Å². The SMILES string of the molecule is CC[C@@]1(O)C(=O)OCc2c1cc1n(c2=O)Cc2c-1nc1cc(F)c(C)c3c1c2[C@@H](NC(=O)COCNC(=O)CNC(=O)[C@H](Cc1ccccc1)NC(=O)CNC(=O)CNC(=O)c1cc(NC(=O)CCCCCN2C(=O)C=CC2=O)cc(C(=O)NCC(=O)NCC(=O)N[C@@H](Cc2ccccc2)C(=O)NCC(=O)NCOCC(=O)N[C@H]2CCc4c(C)c(F)cc5nc6c(c2c45)Cn2c-6cc4c(c2=O)COC(=O)[C@]4(O)CC)c1)CC3. The second-order valence-electron chi connectivity index (χ2n) is 36.4. The lowest BCUT2D eigenvalue weighted by Crippen LogP contribution is -2.52. The summed E-state index contributed by atoms with van der Waals surface area (Å²) in [5.74, 6) is -14.4. The molecule has 9 heterocycles. The normalized spacial score (nSPS) is 17.0. The molecule has 766 valence electrons. The zero-order valence-corrected chi connectivity index (χ0v) is 80.1. The molecule has 15 amide bonds. The fraction of sp³-hybridized carbons (Fsp3) is 0.363. The van der Waals surface area contributed by atoms with Gasteiger partial charge in [0.15, 0.2) is 11.2 Å². The number of carbonyl (C=O) groups excluding carboxylic acids is 17. The molecule has 0 saturated carbocycles. The monoisotopic (exact) mass is 2020 g/mol. The third-order valence-electron chi connectivity index (χ3n) is 27.0. The molecular weight excluding hydrogens is 1920 g/mol. The fourth-order valence-corrected chi connectivity index (χ4v) is 19.3. The van der Waals surface area contributed by atoms with Crippen molar-refractivity contribution < 1.29 is 119 Å². The molecule has 0 spiro atoms. The number of pyridine rings is 4. The Kier molecular flexibility index (Phi) is 31.2. The van der Waals surface area contributed by atoms with Gasteiger partial charge < -0.3 is 107 Å². The summed E-state index contributed by atoms with van der Waals surface area (Å²) >= 11 is 0. The van der Waals surface area contributed by atoms with Crippen LogP contribution in [0.2, 0.25) is 0 Å². The number of carbonyl (C=O) groups is 17. The fourth-order valence-electron chi connectivity index (χ4n) is 19.3. The van der Waals surface area contributed by atoms with Crippen molar-refractivity contribution in [1.29, 1.82) is 0 Å². The van der Waals surface area contributed by atoms with Crippen LogP contribution in [0.1, 0.15) is 176 Å². The maximum atomic E-state index is 15.6. The molecular formula is C102H104F2N18O25. The molecule has 147 heavy (non-hydrogen) atoms. The van der Waals surface area contributed by atoms with Gasteiger partial charge in [0, 0.05) is 99.9 Å². The van der Waals surface area contributed by atoms with Crippen molar-refractivity contribution in [3.63, 3.8) is 0 Å². The Morgan fingerprint density at radius 1 is 0.469 bits per heavy atom. The van der Waals surface area contributed by atoms with E-state index in [1.165, 1.54) is 45.5 Å². The number of fused-ring (bicyclic) bond motifs is 10. The highest BCUT2D eigenvalue weighted by atomic mass is 19.1. The Labute approximate surface area is 834 Å². The van der Waals surface area contributed by atoms with Crippen molar-refractivity contribution in [2.24, 2.45) is 0 Å². The van der Waals surface area contributed by atoms with E-state index in [-0.39, 0.29) is 133 Å². The molecule has 9 aromatic rings. The van der Waals surface area contributed by atoms with E-state index in [2.05, 4.69) is 69.1 Å². The van der Waals surface area contributed by atoms with Crippen LogP contribution in [0.3, 0.4) is 0 Å². The number of rotatable bonds is 41. The van der Waals surface area contributed by atoms with Gasteiger partial charge in [-0.25, -0.2) is 28.3 Å². The molecule has 43 nitrogen and oxygen atoms in total. The van der Waals surface area contributed by atoms with E-state index in [0.717, 1.165) is 23.1 Å². The highest BCUT2D eigenvalue weighted by Gasteiger charge is 2.49. The molecule has 2 aliphatic carbocycles. The number of nitrogens with zero attached hydrogens (tertiary/aromatic N) is 5. The second kappa shape index (κ2) is 44.4. The minimum Gasteiger partial charge on any atom is -0.458 e. The lowest BCUT2D eigenvalue weighted by Gasteiger charge is -2.31. The first kappa shape index (κ1) is 103. The van der Waals surface area contributed by atoms with Crippen molar-refractivity contribution in [1.82, 2.24) is 87.8 Å². The van der Waals surface area contributed by atoms with Crippen LogP contribution in [-0.4, -0.2) is 219 Å². The number of imide groups is 1. The van der Waals surface area contributed by atoms with Crippen LogP contribution < -0.4 is 80.2 Å². The molecule has 4 aromatic heterocycles. The van der Waals surface area contributed by atoms with Crippen LogP contribution >= 0.6 is 0 Å². The quantitative estimate of drug-likeness (QED) is 0.0110. The molecule has 0 saturated heterocycles. The average molecular weight is 2020 g/mol. The number of hydrogen-bond donors (Lipinski definition) is 15. The Morgan fingerprint density at radius 2 is 0.878 bits per heavy atom. The standard InChI is InChI=1S/C102H104F2N18O25/c1-5-101(142)64-33-74-91-60(43-121(74)97(138)62(64)45-146-99(101)140)89-68(23-21-58-51(3)66(103)35-70(118-91)87(58)89)114-83(130)47-144-49-111-79(126)39-109-95(136)72(28-53-16-10-7-11-17-53)116-81(128)41-105-77(124)37-107-93(134)55-30-56(32-57(31-55)113-76(123)20-14-9-15-27-120-85(132)25-26-86(120)133)94(135)108-38-78(125)106-42-82(129)117-73(29-54-18-12-8-13-19-54)96(137)110-40-80(127)112-50-145-48-84(131)115-69-24-22-59-52(4)67(104)36-71-88(59)90(69)61-44-122-75(92(61)119-71)34-65-63(98(122)139)46-147-100(141)102(65,143)6-2/h7-8,10-13,16-19,25-26,30-36,68-69,72-73,142-143H,5-6,9,14-15,20-24,27-29,37-50H2,1-4H3,(H,105,124)(H,106,125)(H,107,134)(H,108,135)(H,109,136)(H,110,137)(H,111,126)(H,112,127)(H,113,123)(H,114,130)(H,115,131)(H,116,128)(H,117,129)/t68-,69-,72-,73-,101-,102-/m0/s1. The number of aliphatic hydroxyl groups is 2. The number of ether oxygens (including phenoxy) is 4. The lowest BCUT2D eigenvalue weighted by atomic mass is 9.81. The molecule has 0 unspecified atom stereocenters. The first-order valence-electron chi connectivity index (χ1n) is 47.7. The van der Waals surface area contributed by atoms with Crippen LogP contribution in [0.5, 0.6) is 0 Å². The van der Waals surface area contributed by atoms with E-state index in [1.54, 1.807) is 88.4 Å². The van der Waals surface area contributed by atoms with E-state index in [0.29, 0.717) is 116 Å². The van der Waals surface area contributed by atoms with Gasteiger partial charge in [-0.15, -0.1) is 0 Å². The van der Waals surface area contributed by atoms with E-state index >= 15 is 8.78 Å². The number of amides is 15. The average Bonchev–Trinajstić information content (AvgIpc) is 1.57. The summed E-state index contributed by atoms with van der Waals surface area (Å²) in [6, 6.07) is 21.8. The molecule has 7 aliphatic rings. The Morgan fingerprint density at radius 3 is 1.30 bits per heavy atom. The molecule has 6 atom stereocenters. The highest BCUT2D eigenvalue weighted by molar-refractivity contribution is 6.13. The van der Waals surface area contributed by atoms with Crippen LogP contribution in [0.4, 0.5) is 14.5 Å². The summed E-state index contributed by atoms with van der Waals surface area (Å²) in [6.45, 7) is -0.740. The Balaban J connectivity index is 0.485. The molecule has 0 fully saturated rings. The second-order valence-corrected chi connectivity index (χ2v) is 36.4. The van der Waals surface area contributed by atoms with Gasteiger partial charge in [0.05, 0.1) is 109 Å². The summed E-state index contributed by atoms with van der Waals surface area (Å²) in [5.41, 5.74) is 1.71. The number of aryl methyl sites for hydroxylation is 2. The first-order chi connectivity index (χ1) is 70.5. The van der Waals surface area contributed by atoms with Gasteiger partial charge in [0.2, 0.25) is 65.0 Å². The smallest absolute Gasteiger partial charge is 0.343 e. The minimum atomic E-state index is -2.11. The lowest BCUT2D eigenvalue weighted by molar-refractivity contribution is -0.172. The molecule has 16 rings (SSSR count). The topological polar surface area (TPSA) is 597 Å². The maximum Gasteiger partial charge on any atom is 0.343 e. The number of halogens is 2. The van der Waals surface area contributed by atoms with Gasteiger partial charge in [-0.1, -0.05) is 80.9 Å². The van der Waals surface area contributed by atoms with Crippen molar-refractivity contribution in [2.45, 2.75) is 166 Å². The number of nitrogens with one attached hydrogen (secondary N) is 13. The molecule has 5 aromatic carbocycles. The largest absolute Gasteiger partial charge is 0.458 e. The van der Waals surface area contributed by atoms with Crippen LogP contribution in [0.25, 0.3) is 44.6 Å². The number of benzene rings is 5. The van der Waals surface area contributed by atoms with Crippen molar-refractivity contribution >= 4 is 128 Å². The molecule has 5 aliphatic heterocycles. The van der Waals surface area contributed by atoms with E-state index in [1.807, 2.05) is 0 Å². The zero-order valence-electron chi connectivity index (χ0n) is 80.1. The number of aromatic nitrogens is 4. The third kappa shape index (κ3) is 22.4. The summed E-state index contributed by atoms with van der Waals surface area (Å²) in [4.78, 5) is 265. The van der Waals surface area contributed by atoms with Gasteiger partial charge in [-0.2, -0.15) is 0 Å². The number of anilines is 1. The van der Waals surface area contributed by atoms with Crippen LogP contribution in [0.15, 0.2) is 125 Å². The molecule has 0 radical (unpaired) electrons. The first-order valence-corrected chi connectivity index (χ1v) is 47.7. The summed E-state index contributed by atoms with van der Waals surface area (Å²) < 4.78 is 55.6. The van der Waals surface area contributed by atoms with E-state index in [9.17, 15) is 101 Å². The molecule has 15 N–H and O–H groups in total. The maximum absolute atomic E-state index is 15.6. The van der Waals surface area contributed by atoms with Crippen LogP contribution in [-0.2, 0) is 154 Å². The summed E-state index contributed by atoms with van der Waals surface area (Å²) in [7, 11) is 0. The van der Waals surface area contributed by atoms with Crippen molar-refractivity contribution in [3.05, 3.63) is 237 Å². The molecule has 45 heteroatoms. The predicted molar refractivity (Wildman–Crippen MR) is 515 cm³/mol. The summed E-state index contributed by atoms with van der Waals surface area (Å²) in [5, 5.41) is 57.0. The predicted octanol–water partition coefficient (Wildman–Crippen LogP) is 0.959. The van der Waals surface area contributed by atoms with Gasteiger partial charge in [-0.05, 0) is 140 Å². The van der Waals surface area contributed by atoms with E-state index in [4.69, 9.17) is 28.9 Å². The number of unbranched alkanes of at least 4 members (excludes halogenated alkanes) is 2. The Hall–Kier alpha value is -16.6. The van der Waals surface area contributed by atoms with E-state index < -0.39 is 225 Å². The van der Waals surface area contributed by atoms with Crippen molar-refractivity contribution in [2.75, 3.05) is 77.8 Å². The van der Waals surface area contributed by atoms with Crippen molar-refractivity contribution in [3.8, 4) is 22.8 Å². The van der Waals surface area contributed by atoms with Crippen LogP contribution in [0, 0.1) is 25.5 Å². The highest BCUT2D eigenvalue weighted by Crippen LogP contribution is 2.49. The minimum absolute atomic E-state index is 0.00435. The summed E-state index contributed by atoms with van der Waals surface area (Å²) in [6.07, 6.45) is 4.11. The number of hydrogen-bond acceptors (Lipinski definition) is 27. The molecule has 0 bridgehead atoms. The third-order valence-corrected chi connectivity index (χ3v) is 27.0. The van der Waals surface area contributed by atoms with Gasteiger partial charge in [-0.3, -0.25) is 86.4 Å². The zero-order chi connectivity index (χ0) is 105. The van der Waals surface area contributed by atoms with Gasteiger partial charge in [0.25, 0.3) is 34.7 Å². The van der Waals surface area contributed by atoms with Gasteiger partial charge in [0.1, 0.15) is 63.6 Å². The number of cyclic esters (lactones) is 2. The Bertz CT molecular complexity index is 6760.